The van der Waals surface area contributed by atoms with Crippen LogP contribution in [0.1, 0.15) is 18.1 Å². The van der Waals surface area contributed by atoms with Crippen molar-refractivity contribution < 1.29 is 5.11 Å². The van der Waals surface area contributed by atoms with Gasteiger partial charge in [0, 0.05) is 24.3 Å². The Morgan fingerprint density at radius 1 is 1.12 bits per heavy atom. The molecule has 2 N–H and O–H groups in total. The third-order valence-corrected chi connectivity index (χ3v) is 4.20. The number of hydrazone groups is 1. The SMILES string of the molecule is CCN(CCO)c1ccc(N/N=C2/C=CCc3ccccc32)cc1. The van der Waals surface area contributed by atoms with E-state index >= 15 is 0 Å². The zero-order valence-electron chi connectivity index (χ0n) is 13.9. The molecular weight excluding hydrogens is 298 g/mol. The predicted octanol–water partition coefficient (Wildman–Crippen LogP) is 3.43. The van der Waals surface area contributed by atoms with Crippen LogP contribution < -0.4 is 10.3 Å². The van der Waals surface area contributed by atoms with E-state index in [0.717, 1.165) is 30.1 Å². The standard InChI is InChI=1S/C20H23N3O/c1-2-23(14-15-24)18-12-10-17(11-13-18)21-22-20-9-5-7-16-6-3-4-8-19(16)20/h3-6,8-13,21,24H,2,7,14-15H2,1H3/b22-20-. The maximum absolute atomic E-state index is 9.11. The molecule has 2 aromatic carbocycles. The molecule has 1 aliphatic rings. The molecule has 0 atom stereocenters. The van der Waals surface area contributed by atoms with Crippen molar-refractivity contribution in [2.45, 2.75) is 13.3 Å². The van der Waals surface area contributed by atoms with Crippen LogP contribution in [0.15, 0.2) is 65.8 Å². The maximum Gasteiger partial charge on any atom is 0.0905 e. The van der Waals surface area contributed by atoms with Gasteiger partial charge in [-0.1, -0.05) is 30.3 Å². The molecule has 1 aliphatic carbocycles. The summed E-state index contributed by atoms with van der Waals surface area (Å²) >= 11 is 0. The molecular formula is C20H23N3O. The number of hydrogen-bond donors (Lipinski definition) is 2. The second-order valence-corrected chi connectivity index (χ2v) is 5.72. The van der Waals surface area contributed by atoms with Crippen molar-refractivity contribution in [3.63, 3.8) is 0 Å². The van der Waals surface area contributed by atoms with Crippen LogP contribution in [0.4, 0.5) is 11.4 Å². The lowest BCUT2D eigenvalue weighted by Gasteiger charge is -2.22. The zero-order chi connectivity index (χ0) is 16.8. The minimum Gasteiger partial charge on any atom is -0.395 e. The highest BCUT2D eigenvalue weighted by molar-refractivity contribution is 6.10. The molecule has 2 aromatic rings. The Bertz CT molecular complexity index is 735. The fourth-order valence-corrected chi connectivity index (χ4v) is 2.90. The molecule has 24 heavy (non-hydrogen) atoms. The Kier molecular flexibility index (Phi) is 5.29. The third-order valence-electron chi connectivity index (χ3n) is 4.20. The van der Waals surface area contributed by atoms with Gasteiger partial charge in [0.15, 0.2) is 0 Å². The van der Waals surface area contributed by atoms with Crippen molar-refractivity contribution >= 4 is 17.1 Å². The summed E-state index contributed by atoms with van der Waals surface area (Å²) in [5, 5.41) is 13.7. The number of allylic oxidation sites excluding steroid dienone is 2. The van der Waals surface area contributed by atoms with Gasteiger partial charge in [-0.05, 0) is 49.2 Å². The first-order valence-corrected chi connectivity index (χ1v) is 8.36. The number of nitrogens with one attached hydrogen (secondary N) is 1. The summed E-state index contributed by atoms with van der Waals surface area (Å²) in [7, 11) is 0. The lowest BCUT2D eigenvalue weighted by atomic mass is 9.95. The largest absolute Gasteiger partial charge is 0.395 e. The third kappa shape index (κ3) is 3.66. The summed E-state index contributed by atoms with van der Waals surface area (Å²) < 4.78 is 0. The molecule has 0 aromatic heterocycles. The van der Waals surface area contributed by atoms with Gasteiger partial charge in [-0.2, -0.15) is 5.10 Å². The lowest BCUT2D eigenvalue weighted by molar-refractivity contribution is 0.302. The number of fused-ring (bicyclic) bond motifs is 1. The topological polar surface area (TPSA) is 47.9 Å². The first kappa shape index (κ1) is 16.3. The maximum atomic E-state index is 9.11. The van der Waals surface area contributed by atoms with Gasteiger partial charge in [0.05, 0.1) is 18.0 Å². The molecule has 0 spiro atoms. The smallest absolute Gasteiger partial charge is 0.0905 e. The molecule has 4 nitrogen and oxygen atoms in total. The highest BCUT2D eigenvalue weighted by Crippen LogP contribution is 2.19. The molecule has 3 rings (SSSR count). The van der Waals surface area contributed by atoms with E-state index in [-0.39, 0.29) is 6.61 Å². The molecule has 0 saturated carbocycles. The minimum absolute atomic E-state index is 0.160. The Morgan fingerprint density at radius 3 is 2.67 bits per heavy atom. The van der Waals surface area contributed by atoms with Gasteiger partial charge >= 0.3 is 0 Å². The average Bonchev–Trinajstić information content (AvgIpc) is 2.65. The highest BCUT2D eigenvalue weighted by Gasteiger charge is 2.10. The summed E-state index contributed by atoms with van der Waals surface area (Å²) in [4.78, 5) is 2.13. The van der Waals surface area contributed by atoms with Crippen molar-refractivity contribution in [3.05, 3.63) is 71.8 Å². The van der Waals surface area contributed by atoms with Crippen molar-refractivity contribution in [2.75, 3.05) is 30.0 Å². The van der Waals surface area contributed by atoms with Gasteiger partial charge in [0.2, 0.25) is 0 Å². The second-order valence-electron chi connectivity index (χ2n) is 5.72. The van der Waals surface area contributed by atoms with Crippen LogP contribution in [0, 0.1) is 0 Å². The van der Waals surface area contributed by atoms with Crippen LogP contribution in [-0.2, 0) is 6.42 Å². The lowest BCUT2D eigenvalue weighted by Crippen LogP contribution is -2.25. The molecule has 0 radical (unpaired) electrons. The molecule has 4 heteroatoms. The van der Waals surface area contributed by atoms with Gasteiger partial charge in [-0.3, -0.25) is 5.43 Å². The van der Waals surface area contributed by atoms with E-state index in [4.69, 9.17) is 5.11 Å². The van der Waals surface area contributed by atoms with E-state index in [1.54, 1.807) is 0 Å². The van der Waals surface area contributed by atoms with Crippen LogP contribution in [0.5, 0.6) is 0 Å². The van der Waals surface area contributed by atoms with Gasteiger partial charge in [0.25, 0.3) is 0 Å². The molecule has 0 unspecified atom stereocenters. The summed E-state index contributed by atoms with van der Waals surface area (Å²) in [6.45, 7) is 3.76. The monoisotopic (exact) mass is 321 g/mol. The number of aliphatic hydroxyl groups is 1. The van der Waals surface area contributed by atoms with Gasteiger partial charge in [-0.15, -0.1) is 0 Å². The summed E-state index contributed by atoms with van der Waals surface area (Å²) in [6, 6.07) is 16.5. The van der Waals surface area contributed by atoms with Crippen LogP contribution in [0.2, 0.25) is 0 Å². The number of anilines is 2. The molecule has 0 amide bonds. The zero-order valence-corrected chi connectivity index (χ0v) is 13.9. The van der Waals surface area contributed by atoms with Crippen LogP contribution in [0.25, 0.3) is 0 Å². The average molecular weight is 321 g/mol. The number of nitrogens with zero attached hydrogens (tertiary/aromatic N) is 2. The van der Waals surface area contributed by atoms with E-state index in [0.29, 0.717) is 6.54 Å². The predicted molar refractivity (Wildman–Crippen MR) is 101 cm³/mol. The Morgan fingerprint density at radius 2 is 1.92 bits per heavy atom. The Labute approximate surface area is 143 Å². The van der Waals surface area contributed by atoms with Crippen LogP contribution >= 0.6 is 0 Å². The molecule has 124 valence electrons. The van der Waals surface area contributed by atoms with Crippen LogP contribution in [0.3, 0.4) is 0 Å². The number of aliphatic hydroxyl groups excluding tert-OH is 1. The molecule has 0 heterocycles. The van der Waals surface area contributed by atoms with E-state index in [1.807, 2.05) is 30.3 Å². The fourth-order valence-electron chi connectivity index (χ4n) is 2.90. The van der Waals surface area contributed by atoms with Crippen molar-refractivity contribution in [3.8, 4) is 0 Å². The van der Waals surface area contributed by atoms with E-state index in [2.05, 4.69) is 52.7 Å². The normalized spacial score (nSPS) is 14.5. The first-order valence-electron chi connectivity index (χ1n) is 8.36. The molecule has 0 aliphatic heterocycles. The van der Waals surface area contributed by atoms with Gasteiger partial charge < -0.3 is 10.0 Å². The number of likely N-dealkylation sites (N-methyl/N-ethyl adjacent to an activating group) is 1. The van der Waals surface area contributed by atoms with Crippen LogP contribution in [-0.4, -0.2) is 30.5 Å². The quantitative estimate of drug-likeness (QED) is 0.801. The van der Waals surface area contributed by atoms with Gasteiger partial charge in [0.1, 0.15) is 0 Å². The Balaban J connectivity index is 1.73. The second kappa shape index (κ2) is 7.79. The summed E-state index contributed by atoms with van der Waals surface area (Å²) in [5.41, 5.74) is 8.64. The van der Waals surface area contributed by atoms with E-state index < -0.39 is 0 Å². The summed E-state index contributed by atoms with van der Waals surface area (Å²) in [6.07, 6.45) is 5.16. The number of hydrogen-bond acceptors (Lipinski definition) is 4. The van der Waals surface area contributed by atoms with E-state index in [1.165, 1.54) is 11.1 Å². The first-order chi connectivity index (χ1) is 11.8. The van der Waals surface area contributed by atoms with Gasteiger partial charge in [-0.25, -0.2) is 0 Å². The summed E-state index contributed by atoms with van der Waals surface area (Å²) in [5.74, 6) is 0. The highest BCUT2D eigenvalue weighted by atomic mass is 16.3. The minimum atomic E-state index is 0.160. The van der Waals surface area contributed by atoms with Crippen molar-refractivity contribution in [1.29, 1.82) is 0 Å². The van der Waals surface area contributed by atoms with Crippen molar-refractivity contribution in [1.82, 2.24) is 0 Å². The molecule has 0 fully saturated rings. The molecule has 0 bridgehead atoms. The molecule has 0 saturated heterocycles. The Hall–Kier alpha value is -2.59. The number of rotatable bonds is 6. The number of benzene rings is 2. The van der Waals surface area contributed by atoms with E-state index in [9.17, 15) is 0 Å². The fraction of sp³-hybridized carbons (Fsp3) is 0.250. The van der Waals surface area contributed by atoms with Crippen molar-refractivity contribution in [2.24, 2.45) is 5.10 Å².